The zero-order valence-electron chi connectivity index (χ0n) is 8.97. The Labute approximate surface area is 97.7 Å². The Bertz CT molecular complexity index is 351. The highest BCUT2D eigenvalue weighted by Crippen LogP contribution is 2.10. The van der Waals surface area contributed by atoms with Crippen LogP contribution < -0.4 is 5.32 Å². The molecule has 88 valence electrons. The second-order valence-corrected chi connectivity index (χ2v) is 4.36. The maximum absolute atomic E-state index is 11.5. The Morgan fingerprint density at radius 3 is 2.81 bits per heavy atom. The van der Waals surface area contributed by atoms with Gasteiger partial charge in [0, 0.05) is 11.9 Å². The zero-order chi connectivity index (χ0) is 12.0. The van der Waals surface area contributed by atoms with Crippen LogP contribution in [0.1, 0.15) is 4.88 Å². The maximum atomic E-state index is 11.5. The summed E-state index contributed by atoms with van der Waals surface area (Å²) in [6.45, 7) is 0.415. The van der Waals surface area contributed by atoms with Gasteiger partial charge in [-0.3, -0.25) is 14.9 Å². The van der Waals surface area contributed by atoms with Gasteiger partial charge in [-0.25, -0.2) is 0 Å². The minimum atomic E-state index is -0.964. The van der Waals surface area contributed by atoms with Crippen LogP contribution in [0.3, 0.4) is 0 Å². The number of hydrogen-bond acceptors (Lipinski definition) is 4. The zero-order valence-corrected chi connectivity index (χ0v) is 9.79. The molecule has 5 nitrogen and oxygen atoms in total. The molecule has 0 aliphatic heterocycles. The predicted molar refractivity (Wildman–Crippen MR) is 61.3 cm³/mol. The van der Waals surface area contributed by atoms with Crippen LogP contribution in [0.5, 0.6) is 0 Å². The summed E-state index contributed by atoms with van der Waals surface area (Å²) in [5.74, 6) is -1.08. The third-order valence-electron chi connectivity index (χ3n) is 1.95. The van der Waals surface area contributed by atoms with Crippen LogP contribution in [0, 0.1) is 0 Å². The summed E-state index contributed by atoms with van der Waals surface area (Å²) >= 11 is 1.59. The summed E-state index contributed by atoms with van der Waals surface area (Å²) in [5, 5.41) is 12.9. The molecule has 1 rings (SSSR count). The van der Waals surface area contributed by atoms with Crippen molar-refractivity contribution in [2.24, 2.45) is 0 Å². The number of hydrogen-bond donors (Lipinski definition) is 2. The van der Waals surface area contributed by atoms with Crippen molar-refractivity contribution in [1.29, 1.82) is 0 Å². The van der Waals surface area contributed by atoms with Gasteiger partial charge in [0.2, 0.25) is 5.91 Å². The van der Waals surface area contributed by atoms with Gasteiger partial charge in [-0.2, -0.15) is 0 Å². The van der Waals surface area contributed by atoms with Crippen molar-refractivity contribution in [3.63, 3.8) is 0 Å². The fraction of sp³-hybridized carbons (Fsp3) is 0.400. The third kappa shape index (κ3) is 4.41. The first kappa shape index (κ1) is 12.7. The highest BCUT2D eigenvalue weighted by molar-refractivity contribution is 7.09. The lowest BCUT2D eigenvalue weighted by atomic mass is 10.4. The molecule has 0 saturated carbocycles. The molecule has 0 saturated heterocycles. The van der Waals surface area contributed by atoms with Gasteiger partial charge in [-0.05, 0) is 11.4 Å². The molecule has 6 heteroatoms. The summed E-state index contributed by atoms with van der Waals surface area (Å²) in [6.07, 6.45) is 0. The number of carbonyl (C=O) groups excluding carboxylic acids is 1. The lowest BCUT2D eigenvalue weighted by Crippen LogP contribution is -2.36. The van der Waals surface area contributed by atoms with E-state index < -0.39 is 5.97 Å². The van der Waals surface area contributed by atoms with E-state index in [9.17, 15) is 9.59 Å². The lowest BCUT2D eigenvalue weighted by Gasteiger charge is -2.16. The van der Waals surface area contributed by atoms with Crippen LogP contribution in [-0.4, -0.2) is 42.0 Å². The summed E-state index contributed by atoms with van der Waals surface area (Å²) < 4.78 is 0. The van der Waals surface area contributed by atoms with Gasteiger partial charge >= 0.3 is 5.97 Å². The molecule has 0 aliphatic rings. The van der Waals surface area contributed by atoms with E-state index in [-0.39, 0.29) is 19.0 Å². The van der Waals surface area contributed by atoms with E-state index in [2.05, 4.69) is 5.32 Å². The maximum Gasteiger partial charge on any atom is 0.317 e. The summed E-state index contributed by atoms with van der Waals surface area (Å²) in [6, 6.07) is 3.89. The van der Waals surface area contributed by atoms with Crippen LogP contribution >= 0.6 is 11.3 Å². The molecule has 0 atom stereocenters. The quantitative estimate of drug-likeness (QED) is 0.756. The molecule has 0 fully saturated rings. The highest BCUT2D eigenvalue weighted by Gasteiger charge is 2.09. The van der Waals surface area contributed by atoms with Gasteiger partial charge in [0.1, 0.15) is 0 Å². The fourth-order valence-electron chi connectivity index (χ4n) is 1.14. The van der Waals surface area contributed by atoms with Crippen molar-refractivity contribution < 1.29 is 14.7 Å². The molecule has 1 heterocycles. The number of amides is 1. The number of carbonyl (C=O) groups is 2. The van der Waals surface area contributed by atoms with Crippen molar-refractivity contribution in [3.8, 4) is 0 Å². The first-order valence-electron chi connectivity index (χ1n) is 4.78. The molecule has 16 heavy (non-hydrogen) atoms. The van der Waals surface area contributed by atoms with Gasteiger partial charge in [-0.15, -0.1) is 11.3 Å². The van der Waals surface area contributed by atoms with E-state index in [1.165, 1.54) is 0 Å². The van der Waals surface area contributed by atoms with Gasteiger partial charge in [0.25, 0.3) is 0 Å². The Balaban J connectivity index is 2.28. The largest absolute Gasteiger partial charge is 0.480 e. The Hall–Kier alpha value is -1.40. The van der Waals surface area contributed by atoms with Crippen molar-refractivity contribution in [1.82, 2.24) is 10.2 Å². The van der Waals surface area contributed by atoms with Crippen LogP contribution in [0.2, 0.25) is 0 Å². The van der Waals surface area contributed by atoms with E-state index in [0.717, 1.165) is 4.88 Å². The van der Waals surface area contributed by atoms with Gasteiger partial charge in [0.15, 0.2) is 0 Å². The predicted octanol–water partition coefficient (Wildman–Crippen LogP) is 0.381. The summed E-state index contributed by atoms with van der Waals surface area (Å²) in [5.41, 5.74) is 0. The number of nitrogens with one attached hydrogen (secondary N) is 1. The van der Waals surface area contributed by atoms with Crippen LogP contribution in [0.15, 0.2) is 17.5 Å². The molecule has 1 aromatic heterocycles. The molecule has 1 amide bonds. The van der Waals surface area contributed by atoms with E-state index in [1.807, 2.05) is 17.5 Å². The van der Waals surface area contributed by atoms with Crippen molar-refractivity contribution in [2.45, 2.75) is 6.54 Å². The minimum Gasteiger partial charge on any atom is -0.480 e. The van der Waals surface area contributed by atoms with Gasteiger partial charge in [0.05, 0.1) is 19.6 Å². The number of likely N-dealkylation sites (N-methyl/N-ethyl adjacent to an activating group) is 1. The van der Waals surface area contributed by atoms with Gasteiger partial charge in [-0.1, -0.05) is 6.07 Å². The lowest BCUT2D eigenvalue weighted by molar-refractivity contribution is -0.136. The Kier molecular flexibility index (Phi) is 4.94. The topological polar surface area (TPSA) is 69.6 Å². The number of thiophene rings is 1. The third-order valence-corrected chi connectivity index (χ3v) is 2.81. The van der Waals surface area contributed by atoms with Gasteiger partial charge < -0.3 is 10.0 Å². The molecule has 0 bridgehead atoms. The average molecular weight is 242 g/mol. The van der Waals surface area contributed by atoms with E-state index in [0.29, 0.717) is 6.54 Å². The number of rotatable bonds is 6. The van der Waals surface area contributed by atoms with Crippen molar-refractivity contribution in [3.05, 3.63) is 22.4 Å². The summed E-state index contributed by atoms with van der Waals surface area (Å²) in [7, 11) is 1.70. The SMILES string of the molecule is CN(Cc1cccs1)C(=O)CNCC(=O)O. The first-order valence-corrected chi connectivity index (χ1v) is 5.66. The molecule has 0 radical (unpaired) electrons. The summed E-state index contributed by atoms with van der Waals surface area (Å²) in [4.78, 5) is 24.4. The number of carboxylic acid groups (broad SMARTS) is 1. The Morgan fingerprint density at radius 1 is 1.50 bits per heavy atom. The first-order chi connectivity index (χ1) is 7.59. The molecule has 0 spiro atoms. The van der Waals surface area contributed by atoms with E-state index >= 15 is 0 Å². The Morgan fingerprint density at radius 2 is 2.25 bits per heavy atom. The van der Waals surface area contributed by atoms with Crippen LogP contribution in [0.25, 0.3) is 0 Å². The van der Waals surface area contributed by atoms with E-state index in [4.69, 9.17) is 5.11 Å². The monoisotopic (exact) mass is 242 g/mol. The molecule has 0 unspecified atom stereocenters. The number of carboxylic acids is 1. The molecular formula is C10H14N2O3S. The second kappa shape index (κ2) is 6.24. The fourth-order valence-corrected chi connectivity index (χ4v) is 1.89. The van der Waals surface area contributed by atoms with Crippen molar-refractivity contribution in [2.75, 3.05) is 20.1 Å². The highest BCUT2D eigenvalue weighted by atomic mass is 32.1. The number of nitrogens with zero attached hydrogens (tertiary/aromatic N) is 1. The molecule has 0 aliphatic carbocycles. The van der Waals surface area contributed by atoms with Crippen LogP contribution in [-0.2, 0) is 16.1 Å². The molecule has 0 aromatic carbocycles. The molecule has 2 N–H and O–H groups in total. The second-order valence-electron chi connectivity index (χ2n) is 3.33. The minimum absolute atomic E-state index is 0.0498. The average Bonchev–Trinajstić information content (AvgIpc) is 2.69. The molecule has 1 aromatic rings. The van der Waals surface area contributed by atoms with Crippen LogP contribution in [0.4, 0.5) is 0 Å². The smallest absolute Gasteiger partial charge is 0.317 e. The van der Waals surface area contributed by atoms with E-state index in [1.54, 1.807) is 23.3 Å². The van der Waals surface area contributed by atoms with Crippen molar-refractivity contribution >= 4 is 23.2 Å². The normalized spacial score (nSPS) is 10.1. The number of aliphatic carboxylic acids is 1. The molecular weight excluding hydrogens is 228 g/mol. The standard InChI is InChI=1S/C10H14N2O3S/c1-12(7-8-3-2-4-16-8)9(13)5-11-6-10(14)15/h2-4,11H,5-7H2,1H3,(H,14,15).